The maximum Gasteiger partial charge on any atom is 0.336 e. The van der Waals surface area contributed by atoms with Crippen LogP contribution in [0.3, 0.4) is 0 Å². The predicted octanol–water partition coefficient (Wildman–Crippen LogP) is -0.243. The molecule has 0 heterocycles. The molecule has 0 atom stereocenters. The summed E-state index contributed by atoms with van der Waals surface area (Å²) >= 11 is 0. The summed E-state index contributed by atoms with van der Waals surface area (Å²) in [5.41, 5.74) is -2.74. The smallest absolute Gasteiger partial charge is 0.336 e. The van der Waals surface area contributed by atoms with Crippen LogP contribution in [-0.2, 0) is 14.4 Å². The van der Waals surface area contributed by atoms with Gasteiger partial charge in [0, 0.05) is 0 Å². The van der Waals surface area contributed by atoms with Crippen molar-refractivity contribution in [2.24, 2.45) is 0 Å². The van der Waals surface area contributed by atoms with E-state index in [1.807, 2.05) is 0 Å². The Kier molecular flexibility index (Phi) is 13.9. The zero-order valence-electron chi connectivity index (χ0n) is 7.95. The lowest BCUT2D eigenvalue weighted by Gasteiger charge is -2.18. The molecule has 0 saturated heterocycles. The fraction of sp³-hybridized carbons (Fsp3) is 0.500. The summed E-state index contributed by atoms with van der Waals surface area (Å²) in [6.07, 6.45) is -2.29. The first-order chi connectivity index (χ1) is 5.78. The Labute approximate surface area is 103 Å². The Bertz CT molecular complexity index is 241. The van der Waals surface area contributed by atoms with Gasteiger partial charge in [-0.3, -0.25) is 9.59 Å². The fourth-order valence-electron chi connectivity index (χ4n) is 0.714. The number of halogens is 2. The number of carboxylic acids is 3. The lowest BCUT2D eigenvalue weighted by Crippen LogP contribution is -2.42. The average molecular weight is 282 g/mol. The summed E-state index contributed by atoms with van der Waals surface area (Å²) < 4.78 is 0. The Morgan fingerprint density at radius 1 is 0.875 bits per heavy atom. The summed E-state index contributed by atoms with van der Waals surface area (Å²) in [5, 5.41) is 33.8. The van der Waals surface area contributed by atoms with E-state index in [0.717, 1.165) is 0 Å². The molecule has 0 aromatic carbocycles. The first-order valence-corrected chi connectivity index (χ1v) is 3.17. The van der Waals surface area contributed by atoms with Crippen molar-refractivity contribution in [3.8, 4) is 0 Å². The molecule has 0 amide bonds. The van der Waals surface area contributed by atoms with Crippen LogP contribution in [-0.4, -0.2) is 43.9 Å². The molecule has 0 rings (SSSR count). The molecule has 0 bridgehead atoms. The van der Waals surface area contributed by atoms with Gasteiger partial charge < -0.3 is 26.6 Å². The van der Waals surface area contributed by atoms with Gasteiger partial charge >= 0.3 is 17.9 Å². The van der Waals surface area contributed by atoms with E-state index in [2.05, 4.69) is 0 Å². The molecular formula is C6H13Cl2NO7. The van der Waals surface area contributed by atoms with Crippen molar-refractivity contribution in [2.45, 2.75) is 18.4 Å². The third kappa shape index (κ3) is 8.24. The minimum atomic E-state index is -2.74. The largest absolute Gasteiger partial charge is 0.481 e. The highest BCUT2D eigenvalue weighted by Crippen LogP contribution is 2.15. The minimum absolute atomic E-state index is 0. The highest BCUT2D eigenvalue weighted by molar-refractivity contribution is 5.88. The number of carboxylic acid groups (broad SMARTS) is 3. The third-order valence-corrected chi connectivity index (χ3v) is 1.29. The standard InChI is InChI=1S/C6H8O7.2ClH.H3N/c7-3(8)1-6(13,5(11)12)2-4(9)10;;;/h13H,1-2H2,(H,7,8)(H,9,10)(H,11,12);2*1H;1H3. The van der Waals surface area contributed by atoms with Gasteiger partial charge in [-0.05, 0) is 0 Å². The molecule has 7 N–H and O–H groups in total. The number of aliphatic carboxylic acids is 3. The molecule has 98 valence electrons. The quantitative estimate of drug-likeness (QED) is 0.460. The number of hydrogen-bond acceptors (Lipinski definition) is 5. The Morgan fingerprint density at radius 3 is 1.25 bits per heavy atom. The molecule has 0 fully saturated rings. The van der Waals surface area contributed by atoms with Gasteiger partial charge in [-0.2, -0.15) is 0 Å². The molecule has 16 heavy (non-hydrogen) atoms. The van der Waals surface area contributed by atoms with Crippen molar-refractivity contribution in [3.63, 3.8) is 0 Å². The van der Waals surface area contributed by atoms with Gasteiger partial charge in [0.1, 0.15) is 0 Å². The van der Waals surface area contributed by atoms with Crippen LogP contribution in [0.1, 0.15) is 12.8 Å². The Hall–Kier alpha value is -1.09. The summed E-state index contributed by atoms with van der Waals surface area (Å²) in [4.78, 5) is 30.5. The SMILES string of the molecule is Cl.Cl.N.O=C(O)CC(O)(CC(=O)O)C(=O)O. The van der Waals surface area contributed by atoms with Crippen LogP contribution in [0.2, 0.25) is 0 Å². The van der Waals surface area contributed by atoms with Crippen molar-refractivity contribution < 1.29 is 34.8 Å². The molecule has 0 aliphatic carbocycles. The lowest BCUT2D eigenvalue weighted by atomic mass is 9.96. The second-order valence-electron chi connectivity index (χ2n) is 2.48. The molecule has 8 nitrogen and oxygen atoms in total. The van der Waals surface area contributed by atoms with Gasteiger partial charge in [0.2, 0.25) is 0 Å². The third-order valence-electron chi connectivity index (χ3n) is 1.29. The summed E-state index contributed by atoms with van der Waals surface area (Å²) in [7, 11) is 0. The van der Waals surface area contributed by atoms with E-state index in [4.69, 9.17) is 20.4 Å². The zero-order chi connectivity index (χ0) is 10.6. The number of aliphatic hydroxyl groups is 1. The molecule has 0 aliphatic rings. The molecule has 0 unspecified atom stereocenters. The van der Waals surface area contributed by atoms with Crippen LogP contribution in [0.5, 0.6) is 0 Å². The van der Waals surface area contributed by atoms with E-state index in [1.54, 1.807) is 0 Å². The summed E-state index contributed by atoms with van der Waals surface area (Å²) in [6, 6.07) is 0. The topological polar surface area (TPSA) is 167 Å². The van der Waals surface area contributed by atoms with Gasteiger partial charge in [0.25, 0.3) is 0 Å². The van der Waals surface area contributed by atoms with E-state index in [9.17, 15) is 14.4 Å². The molecule has 0 saturated carbocycles. The Morgan fingerprint density at radius 2 is 1.12 bits per heavy atom. The second kappa shape index (κ2) is 9.16. The highest BCUT2D eigenvalue weighted by Gasteiger charge is 2.40. The summed E-state index contributed by atoms with van der Waals surface area (Å²) in [6.45, 7) is 0. The van der Waals surface area contributed by atoms with Crippen molar-refractivity contribution in [1.29, 1.82) is 0 Å². The molecular weight excluding hydrogens is 269 g/mol. The maximum atomic E-state index is 10.3. The number of rotatable bonds is 5. The van der Waals surface area contributed by atoms with E-state index in [1.165, 1.54) is 0 Å². The van der Waals surface area contributed by atoms with Crippen LogP contribution >= 0.6 is 24.8 Å². The van der Waals surface area contributed by atoms with E-state index in [-0.39, 0.29) is 31.0 Å². The van der Waals surface area contributed by atoms with Crippen molar-refractivity contribution >= 4 is 42.7 Å². The average Bonchev–Trinajstić information content (AvgIpc) is 1.82. The molecule has 10 heteroatoms. The normalized spacial score (nSPS) is 8.81. The molecule has 0 spiro atoms. The molecule has 0 aromatic rings. The van der Waals surface area contributed by atoms with E-state index >= 15 is 0 Å². The summed E-state index contributed by atoms with van der Waals surface area (Å²) in [5.74, 6) is -5.02. The predicted molar refractivity (Wildman–Crippen MR) is 56.6 cm³/mol. The molecule has 0 aromatic heterocycles. The first kappa shape index (κ1) is 24.2. The molecule has 0 radical (unpaired) electrons. The van der Waals surface area contributed by atoms with Gasteiger partial charge in [-0.1, -0.05) is 0 Å². The lowest BCUT2D eigenvalue weighted by molar-refractivity contribution is -0.170. The fourth-order valence-corrected chi connectivity index (χ4v) is 0.714. The van der Waals surface area contributed by atoms with E-state index < -0.39 is 36.4 Å². The number of hydrogen-bond donors (Lipinski definition) is 5. The van der Waals surface area contributed by atoms with Crippen LogP contribution in [0.4, 0.5) is 0 Å². The number of carbonyl (C=O) groups is 3. The van der Waals surface area contributed by atoms with Gasteiger partial charge in [-0.25, -0.2) is 4.79 Å². The minimum Gasteiger partial charge on any atom is -0.481 e. The highest BCUT2D eigenvalue weighted by atomic mass is 35.5. The zero-order valence-corrected chi connectivity index (χ0v) is 9.58. The Balaban J connectivity index is -0.000000240. The van der Waals surface area contributed by atoms with Gasteiger partial charge in [0.15, 0.2) is 5.60 Å². The van der Waals surface area contributed by atoms with E-state index in [0.29, 0.717) is 0 Å². The van der Waals surface area contributed by atoms with Crippen molar-refractivity contribution in [1.82, 2.24) is 6.15 Å². The maximum absolute atomic E-state index is 10.3. The van der Waals surface area contributed by atoms with Gasteiger partial charge in [-0.15, -0.1) is 24.8 Å². The monoisotopic (exact) mass is 281 g/mol. The van der Waals surface area contributed by atoms with Crippen LogP contribution in [0.15, 0.2) is 0 Å². The van der Waals surface area contributed by atoms with Gasteiger partial charge in [0.05, 0.1) is 12.8 Å². The van der Waals surface area contributed by atoms with Crippen molar-refractivity contribution in [3.05, 3.63) is 0 Å². The second-order valence-corrected chi connectivity index (χ2v) is 2.48. The van der Waals surface area contributed by atoms with Crippen LogP contribution in [0, 0.1) is 0 Å². The van der Waals surface area contributed by atoms with Crippen LogP contribution < -0.4 is 6.15 Å². The first-order valence-electron chi connectivity index (χ1n) is 3.17. The van der Waals surface area contributed by atoms with Crippen molar-refractivity contribution in [2.75, 3.05) is 0 Å². The molecule has 0 aliphatic heterocycles. The van der Waals surface area contributed by atoms with Crippen LogP contribution in [0.25, 0.3) is 0 Å².